The Bertz CT molecular complexity index is 150. The first-order valence-electron chi connectivity index (χ1n) is 3.87. The Morgan fingerprint density at radius 2 is 2.42 bits per heavy atom. The summed E-state index contributed by atoms with van der Waals surface area (Å²) in [6.45, 7) is 0.789. The van der Waals surface area contributed by atoms with E-state index >= 15 is 0 Å². The van der Waals surface area contributed by atoms with Crippen LogP contribution >= 0.6 is 0 Å². The molecule has 0 fully saturated rings. The van der Waals surface area contributed by atoms with E-state index in [1.807, 2.05) is 0 Å². The molecule has 5 heteroatoms. The number of nitrogens with one attached hydrogen (secondary N) is 2. The molecule has 70 valence electrons. The molecule has 0 spiro atoms. The van der Waals surface area contributed by atoms with Crippen molar-refractivity contribution in [1.82, 2.24) is 5.32 Å². The largest absolute Gasteiger partial charge is 0.480 e. The Balaban J connectivity index is 3.69. The number of hydrogen-bond donors (Lipinski definition) is 4. The van der Waals surface area contributed by atoms with Crippen LogP contribution in [0.4, 0.5) is 0 Å². The van der Waals surface area contributed by atoms with Crippen LogP contribution in [0.25, 0.3) is 0 Å². The molecule has 0 bridgehead atoms. The minimum absolute atomic E-state index is 0.293. The molecule has 0 heterocycles. The van der Waals surface area contributed by atoms with Gasteiger partial charge in [-0.15, -0.1) is 0 Å². The first kappa shape index (κ1) is 11.1. The number of nitrogens with two attached hydrogens (primary N) is 1. The molecule has 5 N–H and O–H groups in total. The van der Waals surface area contributed by atoms with Gasteiger partial charge in [-0.3, -0.25) is 10.1 Å². The van der Waals surface area contributed by atoms with Crippen LogP contribution in [0, 0.1) is 5.41 Å². The predicted octanol–water partition coefficient (Wildman–Crippen LogP) is -0.582. The van der Waals surface area contributed by atoms with Gasteiger partial charge in [-0.05, 0) is 19.4 Å². The lowest BCUT2D eigenvalue weighted by Crippen LogP contribution is -2.37. The number of rotatable bonds is 7. The molecule has 0 aromatic carbocycles. The molecule has 0 unspecified atom stereocenters. The molecule has 0 radical (unpaired) electrons. The van der Waals surface area contributed by atoms with Crippen molar-refractivity contribution < 1.29 is 9.90 Å². The van der Waals surface area contributed by atoms with Crippen LogP contribution in [0.15, 0.2) is 0 Å². The van der Waals surface area contributed by atoms with Gasteiger partial charge in [-0.25, -0.2) is 0 Å². The van der Waals surface area contributed by atoms with Crippen molar-refractivity contribution in [3.8, 4) is 0 Å². The third-order valence-electron chi connectivity index (χ3n) is 1.46. The number of hydrogen-bond acceptors (Lipinski definition) is 4. The highest BCUT2D eigenvalue weighted by atomic mass is 16.4. The number of aliphatic carboxylic acids is 1. The summed E-state index contributed by atoms with van der Waals surface area (Å²) in [5.74, 6) is -0.884. The van der Waals surface area contributed by atoms with Crippen molar-refractivity contribution in [3.63, 3.8) is 0 Å². The number of carboxylic acids is 1. The molecule has 0 saturated carbocycles. The maximum absolute atomic E-state index is 10.5. The smallest absolute Gasteiger partial charge is 0.320 e. The molecular weight excluding hydrogens is 158 g/mol. The van der Waals surface area contributed by atoms with Gasteiger partial charge >= 0.3 is 5.97 Å². The minimum Gasteiger partial charge on any atom is -0.480 e. The topological polar surface area (TPSA) is 99.2 Å². The van der Waals surface area contributed by atoms with Crippen LogP contribution in [-0.4, -0.2) is 36.4 Å². The second-order valence-electron chi connectivity index (χ2n) is 2.43. The summed E-state index contributed by atoms with van der Waals surface area (Å²) in [5, 5.41) is 18.1. The van der Waals surface area contributed by atoms with Crippen LogP contribution in [0.2, 0.25) is 0 Å². The van der Waals surface area contributed by atoms with Gasteiger partial charge < -0.3 is 16.2 Å². The van der Waals surface area contributed by atoms with E-state index in [2.05, 4.69) is 5.32 Å². The van der Waals surface area contributed by atoms with Crippen LogP contribution in [-0.2, 0) is 4.79 Å². The lowest BCUT2D eigenvalue weighted by molar-refractivity contribution is -0.139. The molecule has 0 rings (SSSR count). The van der Waals surface area contributed by atoms with Crippen molar-refractivity contribution in [2.75, 3.05) is 13.1 Å². The molecule has 1 atom stereocenters. The van der Waals surface area contributed by atoms with Crippen molar-refractivity contribution in [2.24, 2.45) is 5.73 Å². The quantitative estimate of drug-likeness (QED) is 0.387. The Morgan fingerprint density at radius 3 is 2.83 bits per heavy atom. The molecule has 0 aromatic heterocycles. The lowest BCUT2D eigenvalue weighted by atomic mass is 10.1. The highest BCUT2D eigenvalue weighted by Gasteiger charge is 2.14. The monoisotopic (exact) mass is 173 g/mol. The van der Waals surface area contributed by atoms with E-state index in [-0.39, 0.29) is 0 Å². The van der Waals surface area contributed by atoms with Gasteiger partial charge in [0.1, 0.15) is 6.04 Å². The normalized spacial score (nSPS) is 12.4. The molecule has 0 aliphatic carbocycles. The maximum atomic E-state index is 10.5. The van der Waals surface area contributed by atoms with Gasteiger partial charge in [0.2, 0.25) is 0 Å². The van der Waals surface area contributed by atoms with Crippen molar-refractivity contribution >= 4 is 12.2 Å². The van der Waals surface area contributed by atoms with Crippen LogP contribution in [0.3, 0.4) is 0 Å². The highest BCUT2D eigenvalue weighted by molar-refractivity contribution is 5.74. The summed E-state index contributed by atoms with van der Waals surface area (Å²) in [7, 11) is 0. The summed E-state index contributed by atoms with van der Waals surface area (Å²) in [5.41, 5.74) is 5.24. The van der Waals surface area contributed by atoms with Crippen LogP contribution in [0.1, 0.15) is 12.8 Å². The van der Waals surface area contributed by atoms with E-state index in [1.165, 1.54) is 0 Å². The highest BCUT2D eigenvalue weighted by Crippen LogP contribution is 1.95. The second-order valence-corrected chi connectivity index (χ2v) is 2.43. The van der Waals surface area contributed by atoms with E-state index in [0.29, 0.717) is 25.9 Å². The number of carboxylic acid groups (broad SMARTS) is 1. The number of carbonyl (C=O) groups is 1. The zero-order valence-electron chi connectivity index (χ0n) is 6.92. The summed E-state index contributed by atoms with van der Waals surface area (Å²) >= 11 is 0. The summed E-state index contributed by atoms with van der Waals surface area (Å²) in [6.07, 6.45) is 2.33. The summed E-state index contributed by atoms with van der Waals surface area (Å²) < 4.78 is 0. The first-order chi connectivity index (χ1) is 5.72. The standard InChI is InChI=1S/C7H15N3O2/c8-3-1-2-6(7(11)12)10-5-4-9/h4,6,9-10H,1-3,5,8H2,(H,11,12)/t6-/m1/s1. The van der Waals surface area contributed by atoms with Gasteiger partial charge in [-0.2, -0.15) is 0 Å². The Labute approximate surface area is 71.5 Å². The average Bonchev–Trinajstić information content (AvgIpc) is 2.04. The third-order valence-corrected chi connectivity index (χ3v) is 1.46. The van der Waals surface area contributed by atoms with E-state index in [4.69, 9.17) is 16.2 Å². The third kappa shape index (κ3) is 4.81. The fraction of sp³-hybridized carbons (Fsp3) is 0.714. The molecule has 5 nitrogen and oxygen atoms in total. The minimum atomic E-state index is -0.884. The molecule has 0 amide bonds. The lowest BCUT2D eigenvalue weighted by Gasteiger charge is -2.11. The molecular formula is C7H15N3O2. The van der Waals surface area contributed by atoms with E-state index in [9.17, 15) is 4.79 Å². The van der Waals surface area contributed by atoms with Gasteiger partial charge in [0, 0.05) is 12.8 Å². The zero-order valence-corrected chi connectivity index (χ0v) is 6.92. The summed E-state index contributed by atoms with van der Waals surface area (Å²) in [4.78, 5) is 10.5. The maximum Gasteiger partial charge on any atom is 0.320 e. The molecule has 0 saturated heterocycles. The molecule has 0 aliphatic rings. The van der Waals surface area contributed by atoms with Gasteiger partial charge in [0.25, 0.3) is 0 Å². The molecule has 0 aliphatic heterocycles. The Morgan fingerprint density at radius 1 is 1.75 bits per heavy atom. The molecule has 12 heavy (non-hydrogen) atoms. The van der Waals surface area contributed by atoms with E-state index in [1.54, 1.807) is 0 Å². The van der Waals surface area contributed by atoms with Crippen molar-refractivity contribution in [2.45, 2.75) is 18.9 Å². The van der Waals surface area contributed by atoms with E-state index in [0.717, 1.165) is 6.21 Å². The van der Waals surface area contributed by atoms with Gasteiger partial charge in [0.05, 0.1) is 0 Å². The molecule has 0 aromatic rings. The Kier molecular flexibility index (Phi) is 6.22. The Hall–Kier alpha value is -0.940. The van der Waals surface area contributed by atoms with Crippen molar-refractivity contribution in [3.05, 3.63) is 0 Å². The van der Waals surface area contributed by atoms with Crippen LogP contribution in [0.5, 0.6) is 0 Å². The predicted molar refractivity (Wildman–Crippen MR) is 46.5 cm³/mol. The van der Waals surface area contributed by atoms with Gasteiger partial charge in [-0.1, -0.05) is 0 Å². The fourth-order valence-corrected chi connectivity index (χ4v) is 0.836. The van der Waals surface area contributed by atoms with Crippen molar-refractivity contribution in [1.29, 1.82) is 5.41 Å². The first-order valence-corrected chi connectivity index (χ1v) is 3.87. The second kappa shape index (κ2) is 6.75. The van der Waals surface area contributed by atoms with Gasteiger partial charge in [0.15, 0.2) is 0 Å². The SMILES string of the molecule is N=CCN[C@H](CCCN)C(=O)O. The summed E-state index contributed by atoms with van der Waals surface area (Å²) in [6, 6.07) is -0.574. The zero-order chi connectivity index (χ0) is 9.40. The fourth-order valence-electron chi connectivity index (χ4n) is 0.836. The average molecular weight is 173 g/mol. The van der Waals surface area contributed by atoms with E-state index < -0.39 is 12.0 Å². The van der Waals surface area contributed by atoms with Crippen LogP contribution < -0.4 is 11.1 Å².